The van der Waals surface area contributed by atoms with Crippen LogP contribution < -0.4 is 14.8 Å². The third kappa shape index (κ3) is 6.31. The minimum absolute atomic E-state index is 0.257. The normalized spacial score (nSPS) is 10.8. The molecule has 3 aromatic carbocycles. The molecule has 0 saturated carbocycles. The van der Waals surface area contributed by atoms with Gasteiger partial charge in [-0.1, -0.05) is 38.1 Å². The van der Waals surface area contributed by atoms with E-state index in [1.807, 2.05) is 24.3 Å². The van der Waals surface area contributed by atoms with E-state index in [-0.39, 0.29) is 5.91 Å². The molecule has 0 unspecified atom stereocenters. The molecule has 0 aliphatic rings. The fraction of sp³-hybridized carbons (Fsp3) is 0.154. The van der Waals surface area contributed by atoms with Crippen molar-refractivity contribution in [3.8, 4) is 11.5 Å². The Morgan fingerprint density at radius 1 is 0.839 bits per heavy atom. The van der Waals surface area contributed by atoms with Gasteiger partial charge in [0.15, 0.2) is 0 Å². The summed E-state index contributed by atoms with van der Waals surface area (Å²) in [4.78, 5) is 24.4. The van der Waals surface area contributed by atoms with Crippen molar-refractivity contribution in [1.29, 1.82) is 0 Å². The van der Waals surface area contributed by atoms with Gasteiger partial charge in [0.2, 0.25) is 0 Å². The largest absolute Gasteiger partial charge is 0.497 e. The van der Waals surface area contributed by atoms with Gasteiger partial charge in [0.05, 0.1) is 7.11 Å². The third-order valence-electron chi connectivity index (χ3n) is 4.70. The van der Waals surface area contributed by atoms with Gasteiger partial charge in [-0.15, -0.1) is 0 Å². The van der Waals surface area contributed by atoms with Gasteiger partial charge in [-0.2, -0.15) is 0 Å². The molecule has 0 fully saturated rings. The number of hydrogen-bond acceptors (Lipinski definition) is 4. The highest BCUT2D eigenvalue weighted by Crippen LogP contribution is 2.18. The molecular formula is C26H25NO4. The molecule has 158 valence electrons. The summed E-state index contributed by atoms with van der Waals surface area (Å²) in [7, 11) is 1.59. The summed E-state index contributed by atoms with van der Waals surface area (Å²) in [5.74, 6) is 0.803. The van der Waals surface area contributed by atoms with Crippen molar-refractivity contribution in [2.45, 2.75) is 19.8 Å². The number of esters is 1. The van der Waals surface area contributed by atoms with Gasteiger partial charge in [-0.25, -0.2) is 4.79 Å². The zero-order valence-corrected chi connectivity index (χ0v) is 17.8. The summed E-state index contributed by atoms with van der Waals surface area (Å²) in [6.45, 7) is 4.27. The van der Waals surface area contributed by atoms with E-state index in [0.717, 1.165) is 5.56 Å². The molecule has 1 amide bonds. The number of amides is 1. The predicted molar refractivity (Wildman–Crippen MR) is 123 cm³/mol. The number of nitrogens with one attached hydrogen (secondary N) is 1. The number of benzene rings is 3. The van der Waals surface area contributed by atoms with Gasteiger partial charge in [0, 0.05) is 17.3 Å². The minimum Gasteiger partial charge on any atom is -0.497 e. The maximum Gasteiger partial charge on any atom is 0.336 e. The fourth-order valence-electron chi connectivity index (χ4n) is 2.86. The molecule has 5 heteroatoms. The van der Waals surface area contributed by atoms with Crippen LogP contribution in [-0.2, 0) is 4.79 Å². The van der Waals surface area contributed by atoms with Crippen molar-refractivity contribution in [3.63, 3.8) is 0 Å². The number of carbonyl (C=O) groups excluding carboxylic acids is 2. The highest BCUT2D eigenvalue weighted by Gasteiger charge is 2.08. The first-order valence-electron chi connectivity index (χ1n) is 10.00. The molecule has 3 aromatic rings. The topological polar surface area (TPSA) is 64.6 Å². The van der Waals surface area contributed by atoms with Crippen LogP contribution in [0.5, 0.6) is 11.5 Å². The van der Waals surface area contributed by atoms with Crippen LogP contribution in [-0.4, -0.2) is 19.0 Å². The van der Waals surface area contributed by atoms with Crippen LogP contribution in [0, 0.1) is 0 Å². The summed E-state index contributed by atoms with van der Waals surface area (Å²) >= 11 is 0. The third-order valence-corrected chi connectivity index (χ3v) is 4.70. The summed E-state index contributed by atoms with van der Waals surface area (Å²) < 4.78 is 10.4. The van der Waals surface area contributed by atoms with Gasteiger partial charge in [0.1, 0.15) is 11.5 Å². The lowest BCUT2D eigenvalue weighted by molar-refractivity contribution is -0.128. The van der Waals surface area contributed by atoms with Gasteiger partial charge in [-0.05, 0) is 71.7 Å². The summed E-state index contributed by atoms with van der Waals surface area (Å²) in [6.07, 6.45) is 3.10. The Kier molecular flexibility index (Phi) is 7.22. The van der Waals surface area contributed by atoms with Gasteiger partial charge >= 0.3 is 5.97 Å². The van der Waals surface area contributed by atoms with E-state index < -0.39 is 5.97 Å². The van der Waals surface area contributed by atoms with E-state index in [0.29, 0.717) is 28.7 Å². The molecule has 0 aromatic heterocycles. The summed E-state index contributed by atoms with van der Waals surface area (Å²) in [5.41, 5.74) is 3.28. The van der Waals surface area contributed by atoms with E-state index in [4.69, 9.17) is 9.47 Å². The van der Waals surface area contributed by atoms with E-state index in [2.05, 4.69) is 19.2 Å². The van der Waals surface area contributed by atoms with Crippen molar-refractivity contribution in [3.05, 3.63) is 95.6 Å². The molecule has 0 spiro atoms. The molecule has 0 aliphatic carbocycles. The lowest BCUT2D eigenvalue weighted by Gasteiger charge is -2.07. The van der Waals surface area contributed by atoms with Crippen LogP contribution in [0.3, 0.4) is 0 Å². The highest BCUT2D eigenvalue weighted by atomic mass is 16.5. The molecule has 0 atom stereocenters. The first-order valence-corrected chi connectivity index (χ1v) is 10.00. The second kappa shape index (κ2) is 10.3. The first-order chi connectivity index (χ1) is 14.9. The molecule has 0 saturated heterocycles. The van der Waals surface area contributed by atoms with Crippen LogP contribution in [0.25, 0.3) is 6.08 Å². The lowest BCUT2D eigenvalue weighted by atomic mass is 10.0. The molecule has 31 heavy (non-hydrogen) atoms. The van der Waals surface area contributed by atoms with Gasteiger partial charge in [0.25, 0.3) is 5.91 Å². The zero-order valence-electron chi connectivity index (χ0n) is 17.8. The van der Waals surface area contributed by atoms with Crippen LogP contribution >= 0.6 is 0 Å². The van der Waals surface area contributed by atoms with E-state index in [9.17, 15) is 9.59 Å². The van der Waals surface area contributed by atoms with Gasteiger partial charge in [-0.3, -0.25) is 4.79 Å². The maximum atomic E-state index is 12.4. The monoisotopic (exact) mass is 415 g/mol. The Labute approximate surface area is 182 Å². The van der Waals surface area contributed by atoms with Crippen molar-refractivity contribution in [1.82, 2.24) is 0 Å². The molecule has 1 N–H and O–H groups in total. The van der Waals surface area contributed by atoms with Gasteiger partial charge < -0.3 is 14.8 Å². The Bertz CT molecular complexity index is 1050. The standard InChI is InChI=1S/C26H25NO4/c1-18(2)20-7-4-19(5-8-20)6-17-25(28)31-24-13-9-21(10-14-24)26(29)27-22-11-15-23(30-3)16-12-22/h4-18H,1-3H3,(H,27,29)/b17-6+. The smallest absolute Gasteiger partial charge is 0.336 e. The number of methoxy groups -OCH3 is 1. The summed E-state index contributed by atoms with van der Waals surface area (Å²) in [6, 6.07) is 21.5. The Hall–Kier alpha value is -3.86. The Morgan fingerprint density at radius 2 is 1.45 bits per heavy atom. The van der Waals surface area contributed by atoms with Crippen molar-refractivity contribution in [2.75, 3.05) is 12.4 Å². The van der Waals surface area contributed by atoms with Crippen LogP contribution in [0.1, 0.15) is 41.3 Å². The lowest BCUT2D eigenvalue weighted by Crippen LogP contribution is -2.12. The zero-order chi connectivity index (χ0) is 22.2. The number of anilines is 1. The van der Waals surface area contributed by atoms with Crippen LogP contribution in [0.15, 0.2) is 78.9 Å². The van der Waals surface area contributed by atoms with E-state index in [1.165, 1.54) is 11.6 Å². The average molecular weight is 415 g/mol. The second-order valence-corrected chi connectivity index (χ2v) is 7.28. The fourth-order valence-corrected chi connectivity index (χ4v) is 2.86. The van der Waals surface area contributed by atoms with Crippen LogP contribution in [0.4, 0.5) is 5.69 Å². The van der Waals surface area contributed by atoms with Crippen molar-refractivity contribution in [2.24, 2.45) is 0 Å². The molecule has 0 bridgehead atoms. The average Bonchev–Trinajstić information content (AvgIpc) is 2.79. The number of carbonyl (C=O) groups is 2. The first kappa shape index (κ1) is 21.8. The molecule has 0 aliphatic heterocycles. The molecule has 0 radical (unpaired) electrons. The number of rotatable bonds is 7. The van der Waals surface area contributed by atoms with E-state index >= 15 is 0 Å². The quantitative estimate of drug-likeness (QED) is 0.306. The summed E-state index contributed by atoms with van der Waals surface area (Å²) in [5, 5.41) is 2.81. The number of ether oxygens (including phenoxy) is 2. The minimum atomic E-state index is -0.483. The molecule has 3 rings (SSSR count). The van der Waals surface area contributed by atoms with Crippen molar-refractivity contribution < 1.29 is 19.1 Å². The second-order valence-electron chi connectivity index (χ2n) is 7.28. The maximum absolute atomic E-state index is 12.4. The molecular weight excluding hydrogens is 390 g/mol. The van der Waals surface area contributed by atoms with Crippen molar-refractivity contribution >= 4 is 23.6 Å². The Morgan fingerprint density at radius 3 is 2.03 bits per heavy atom. The Balaban J connectivity index is 1.55. The molecule has 5 nitrogen and oxygen atoms in total. The SMILES string of the molecule is COc1ccc(NC(=O)c2ccc(OC(=O)/C=C/c3ccc(C(C)C)cc3)cc2)cc1. The predicted octanol–water partition coefficient (Wildman–Crippen LogP) is 5.69. The van der Waals surface area contributed by atoms with Crippen LogP contribution in [0.2, 0.25) is 0 Å². The molecule has 0 heterocycles. The highest BCUT2D eigenvalue weighted by molar-refractivity contribution is 6.04. The van der Waals surface area contributed by atoms with E-state index in [1.54, 1.807) is 61.7 Å². The number of hydrogen-bond donors (Lipinski definition) is 1.